The van der Waals surface area contributed by atoms with E-state index >= 15 is 0 Å². The van der Waals surface area contributed by atoms with Gasteiger partial charge in [-0.1, -0.05) is 47.1 Å². The molecule has 0 bridgehead atoms. The number of aryl methyl sites for hydroxylation is 1. The molecule has 0 saturated heterocycles. The van der Waals surface area contributed by atoms with Crippen LogP contribution in [0.3, 0.4) is 0 Å². The molecule has 2 N–H and O–H groups in total. The first kappa shape index (κ1) is 19.7. The lowest BCUT2D eigenvalue weighted by atomic mass is 10.1. The van der Waals surface area contributed by atoms with Crippen LogP contribution in [0, 0.1) is 6.92 Å². The molecule has 0 aliphatic rings. The molecule has 6 nitrogen and oxygen atoms in total. The van der Waals surface area contributed by atoms with E-state index in [2.05, 4.69) is 20.8 Å². The van der Waals surface area contributed by atoms with Gasteiger partial charge in [-0.05, 0) is 55.0 Å². The molecule has 0 radical (unpaired) electrons. The average molecular weight is 419 g/mol. The van der Waals surface area contributed by atoms with Gasteiger partial charge in [0.05, 0.1) is 10.7 Å². The smallest absolute Gasteiger partial charge is 0.257 e. The maximum atomic E-state index is 12.6. The molecule has 0 atom stereocenters. The normalized spacial score (nSPS) is 10.6. The molecule has 0 aliphatic carbocycles. The zero-order chi connectivity index (χ0) is 20.9. The van der Waals surface area contributed by atoms with Gasteiger partial charge in [-0.2, -0.15) is 4.98 Å². The van der Waals surface area contributed by atoms with Crippen LogP contribution in [0.25, 0.3) is 11.5 Å². The number of hydrogen-bond acceptors (Lipinski definition) is 5. The first-order chi connectivity index (χ1) is 14.6. The fourth-order valence-electron chi connectivity index (χ4n) is 2.91. The predicted octanol–water partition coefficient (Wildman–Crippen LogP) is 5.56. The topological polar surface area (TPSA) is 80.0 Å². The number of carbonyl (C=O) groups excluding carboxylic acids is 1. The van der Waals surface area contributed by atoms with Gasteiger partial charge in [0.25, 0.3) is 11.8 Å². The minimum Gasteiger partial charge on any atom is -0.380 e. The number of carbonyl (C=O) groups is 1. The van der Waals surface area contributed by atoms with E-state index in [0.717, 1.165) is 16.8 Å². The standard InChI is InChI=1S/C23H19ClN4O2/c1-15-26-23(30-28-15)18-9-7-17(8-10-18)22(29)27-19-11-12-21(20(24)13-19)25-14-16-5-3-2-4-6-16/h2-13,25H,14H2,1H3,(H,27,29). The molecule has 30 heavy (non-hydrogen) atoms. The van der Waals surface area contributed by atoms with Gasteiger partial charge in [-0.15, -0.1) is 0 Å². The van der Waals surface area contributed by atoms with Gasteiger partial charge in [0.2, 0.25) is 0 Å². The Labute approximate surface area is 178 Å². The van der Waals surface area contributed by atoms with Gasteiger partial charge in [0.1, 0.15) is 0 Å². The number of halogens is 1. The zero-order valence-electron chi connectivity index (χ0n) is 16.2. The number of aromatic nitrogens is 2. The summed E-state index contributed by atoms with van der Waals surface area (Å²) in [6.07, 6.45) is 0. The highest BCUT2D eigenvalue weighted by atomic mass is 35.5. The monoisotopic (exact) mass is 418 g/mol. The number of benzene rings is 3. The third-order valence-corrected chi connectivity index (χ3v) is 4.79. The van der Waals surface area contributed by atoms with Crippen molar-refractivity contribution in [2.75, 3.05) is 10.6 Å². The van der Waals surface area contributed by atoms with Crippen molar-refractivity contribution >= 4 is 28.9 Å². The van der Waals surface area contributed by atoms with Crippen molar-refractivity contribution in [2.24, 2.45) is 0 Å². The average Bonchev–Trinajstić information content (AvgIpc) is 3.20. The van der Waals surface area contributed by atoms with Crippen LogP contribution >= 0.6 is 11.6 Å². The number of nitrogens with one attached hydrogen (secondary N) is 2. The highest BCUT2D eigenvalue weighted by Gasteiger charge is 2.11. The molecule has 0 fully saturated rings. The van der Waals surface area contributed by atoms with E-state index in [1.165, 1.54) is 0 Å². The summed E-state index contributed by atoms with van der Waals surface area (Å²) in [7, 11) is 0. The van der Waals surface area contributed by atoms with E-state index in [1.54, 1.807) is 37.3 Å². The molecule has 1 heterocycles. The Morgan fingerprint density at radius 2 is 1.80 bits per heavy atom. The minimum absolute atomic E-state index is 0.232. The summed E-state index contributed by atoms with van der Waals surface area (Å²) >= 11 is 6.38. The summed E-state index contributed by atoms with van der Waals surface area (Å²) in [4.78, 5) is 16.7. The van der Waals surface area contributed by atoms with Crippen LogP contribution in [0.5, 0.6) is 0 Å². The maximum Gasteiger partial charge on any atom is 0.257 e. The molecule has 1 aromatic heterocycles. The fraction of sp³-hybridized carbons (Fsp3) is 0.0870. The lowest BCUT2D eigenvalue weighted by Crippen LogP contribution is -2.12. The van der Waals surface area contributed by atoms with Crippen molar-refractivity contribution in [3.8, 4) is 11.5 Å². The van der Waals surface area contributed by atoms with Crippen LogP contribution in [0.4, 0.5) is 11.4 Å². The molecule has 3 aromatic carbocycles. The van der Waals surface area contributed by atoms with E-state index in [0.29, 0.717) is 34.5 Å². The molecule has 0 unspecified atom stereocenters. The van der Waals surface area contributed by atoms with Gasteiger partial charge < -0.3 is 15.2 Å². The van der Waals surface area contributed by atoms with Crippen LogP contribution in [-0.4, -0.2) is 16.0 Å². The SMILES string of the molecule is Cc1noc(-c2ccc(C(=O)Nc3ccc(NCc4ccccc4)c(Cl)c3)cc2)n1. The lowest BCUT2D eigenvalue weighted by Gasteiger charge is -2.11. The Morgan fingerprint density at radius 3 is 2.47 bits per heavy atom. The van der Waals surface area contributed by atoms with Crippen LogP contribution in [0.2, 0.25) is 5.02 Å². The van der Waals surface area contributed by atoms with Crippen molar-refractivity contribution in [1.29, 1.82) is 0 Å². The van der Waals surface area contributed by atoms with E-state index in [-0.39, 0.29) is 5.91 Å². The second kappa shape index (κ2) is 8.80. The number of rotatable bonds is 6. The lowest BCUT2D eigenvalue weighted by molar-refractivity contribution is 0.102. The summed E-state index contributed by atoms with van der Waals surface area (Å²) in [5.74, 6) is 0.750. The third kappa shape index (κ3) is 4.67. The second-order valence-electron chi connectivity index (χ2n) is 6.71. The highest BCUT2D eigenvalue weighted by Crippen LogP contribution is 2.26. The zero-order valence-corrected chi connectivity index (χ0v) is 17.0. The molecule has 4 rings (SSSR count). The molecule has 0 aliphatic heterocycles. The predicted molar refractivity (Wildman–Crippen MR) is 118 cm³/mol. The Hall–Kier alpha value is -3.64. The quantitative estimate of drug-likeness (QED) is 0.428. The van der Waals surface area contributed by atoms with Crippen LogP contribution in [0.15, 0.2) is 77.3 Å². The Morgan fingerprint density at radius 1 is 1.03 bits per heavy atom. The van der Waals surface area contributed by atoms with Crippen LogP contribution in [-0.2, 0) is 6.54 Å². The van der Waals surface area contributed by atoms with Gasteiger partial charge in [0, 0.05) is 23.4 Å². The van der Waals surface area contributed by atoms with Gasteiger partial charge in [0.15, 0.2) is 5.82 Å². The van der Waals surface area contributed by atoms with Gasteiger partial charge in [-0.3, -0.25) is 4.79 Å². The van der Waals surface area contributed by atoms with Gasteiger partial charge in [-0.25, -0.2) is 0 Å². The van der Waals surface area contributed by atoms with Crippen molar-refractivity contribution in [1.82, 2.24) is 10.1 Å². The minimum atomic E-state index is -0.232. The first-order valence-corrected chi connectivity index (χ1v) is 9.76. The molecular weight excluding hydrogens is 400 g/mol. The maximum absolute atomic E-state index is 12.6. The van der Waals surface area contributed by atoms with Crippen LogP contribution < -0.4 is 10.6 Å². The number of anilines is 2. The Kier molecular flexibility index (Phi) is 5.77. The molecular formula is C23H19ClN4O2. The van der Waals surface area contributed by atoms with E-state index in [4.69, 9.17) is 16.1 Å². The van der Waals surface area contributed by atoms with E-state index in [9.17, 15) is 4.79 Å². The first-order valence-electron chi connectivity index (χ1n) is 9.38. The summed E-state index contributed by atoms with van der Waals surface area (Å²) in [5, 5.41) is 10.5. The molecule has 0 saturated carbocycles. The van der Waals surface area contributed by atoms with Crippen molar-refractivity contribution < 1.29 is 9.32 Å². The van der Waals surface area contributed by atoms with Gasteiger partial charge >= 0.3 is 0 Å². The Bertz CT molecular complexity index is 1160. The summed E-state index contributed by atoms with van der Waals surface area (Å²) in [6.45, 7) is 2.42. The molecule has 4 aromatic rings. The molecule has 0 spiro atoms. The number of amides is 1. The van der Waals surface area contributed by atoms with Crippen molar-refractivity contribution in [3.63, 3.8) is 0 Å². The highest BCUT2D eigenvalue weighted by molar-refractivity contribution is 6.33. The summed E-state index contributed by atoms with van der Waals surface area (Å²) in [5.41, 5.74) is 3.84. The molecule has 7 heteroatoms. The van der Waals surface area contributed by atoms with Crippen molar-refractivity contribution in [2.45, 2.75) is 13.5 Å². The summed E-state index contributed by atoms with van der Waals surface area (Å²) < 4.78 is 5.14. The fourth-order valence-corrected chi connectivity index (χ4v) is 3.16. The van der Waals surface area contributed by atoms with Crippen molar-refractivity contribution in [3.05, 3.63) is 94.8 Å². The molecule has 1 amide bonds. The number of hydrogen-bond donors (Lipinski definition) is 2. The Balaban J connectivity index is 1.40. The van der Waals surface area contributed by atoms with Crippen LogP contribution in [0.1, 0.15) is 21.7 Å². The van der Waals surface area contributed by atoms with E-state index in [1.807, 2.05) is 42.5 Å². The third-order valence-electron chi connectivity index (χ3n) is 4.47. The summed E-state index contributed by atoms with van der Waals surface area (Å²) in [6, 6.07) is 22.4. The number of nitrogens with zero attached hydrogens (tertiary/aromatic N) is 2. The molecule has 150 valence electrons. The largest absolute Gasteiger partial charge is 0.380 e. The second-order valence-corrected chi connectivity index (χ2v) is 7.12. The van der Waals surface area contributed by atoms with E-state index < -0.39 is 0 Å².